The zero-order valence-corrected chi connectivity index (χ0v) is 8.33. The van der Waals surface area contributed by atoms with Gasteiger partial charge in [0, 0.05) is 19.0 Å². The highest BCUT2D eigenvalue weighted by Gasteiger charge is 2.02. The van der Waals surface area contributed by atoms with Gasteiger partial charge in [0.05, 0.1) is 0 Å². The molecular weight excluding hydrogens is 197 g/mol. The minimum atomic E-state index is -0.656. The number of halogens is 1. The van der Waals surface area contributed by atoms with Crippen LogP contribution in [0, 0.1) is 5.82 Å². The third kappa shape index (κ3) is 3.42. The molecule has 0 spiro atoms. The van der Waals surface area contributed by atoms with Crippen molar-refractivity contribution in [2.24, 2.45) is 0 Å². The lowest BCUT2D eigenvalue weighted by atomic mass is 10.2. The van der Waals surface area contributed by atoms with Crippen LogP contribution in [0.2, 0.25) is 0 Å². The first kappa shape index (κ1) is 11.2. The summed E-state index contributed by atoms with van der Waals surface area (Å²) in [5.41, 5.74) is 0.292. The smallest absolute Gasteiger partial charge is 0.217 e. The van der Waals surface area contributed by atoms with Crippen molar-refractivity contribution < 1.29 is 14.3 Å². The number of aromatic hydroxyl groups is 1. The molecule has 0 aliphatic heterocycles. The Morgan fingerprint density at radius 3 is 3.00 bits per heavy atom. The molecule has 1 aromatic carbocycles. The van der Waals surface area contributed by atoms with Gasteiger partial charge in [-0.05, 0) is 6.07 Å². The largest absolute Gasteiger partial charge is 0.505 e. The summed E-state index contributed by atoms with van der Waals surface area (Å²) in [6, 6.07) is 4.37. The Labute approximate surface area is 87.2 Å². The minimum Gasteiger partial charge on any atom is -0.505 e. The van der Waals surface area contributed by atoms with Gasteiger partial charge >= 0.3 is 0 Å². The molecule has 0 heterocycles. The second kappa shape index (κ2) is 5.14. The van der Waals surface area contributed by atoms with Gasteiger partial charge in [0.2, 0.25) is 5.91 Å². The molecule has 0 radical (unpaired) electrons. The van der Waals surface area contributed by atoms with Gasteiger partial charge in [-0.2, -0.15) is 0 Å². The van der Waals surface area contributed by atoms with Crippen molar-refractivity contribution in [1.82, 2.24) is 5.32 Å². The lowest BCUT2D eigenvalue weighted by molar-refractivity contribution is -0.118. The molecule has 1 rings (SSSR count). The highest BCUT2D eigenvalue weighted by atomic mass is 19.1. The van der Waals surface area contributed by atoms with Gasteiger partial charge in [-0.3, -0.25) is 4.79 Å². The average molecular weight is 209 g/mol. The third-order valence-electron chi connectivity index (χ3n) is 1.77. The molecule has 0 unspecified atom stereocenters. The summed E-state index contributed by atoms with van der Waals surface area (Å²) in [5.74, 6) is -1.18. The molecule has 0 aromatic heterocycles. The Balaban J connectivity index is 2.64. The number of rotatable bonds is 3. The van der Waals surface area contributed by atoms with Gasteiger partial charge in [-0.1, -0.05) is 24.3 Å². The van der Waals surface area contributed by atoms with Crippen LogP contribution in [0.4, 0.5) is 4.39 Å². The van der Waals surface area contributed by atoms with Gasteiger partial charge < -0.3 is 10.4 Å². The van der Waals surface area contributed by atoms with E-state index in [1.54, 1.807) is 18.2 Å². The molecule has 4 heteroatoms. The standard InChI is InChI=1S/C11H12FNO2/c1-8(14)13-7-3-5-9-4-2-6-10(15)11(9)12/h2-6,15H,7H2,1H3,(H,13,14). The van der Waals surface area contributed by atoms with Crippen LogP contribution >= 0.6 is 0 Å². The molecule has 1 aromatic rings. The van der Waals surface area contributed by atoms with E-state index in [9.17, 15) is 9.18 Å². The molecule has 0 fully saturated rings. The van der Waals surface area contributed by atoms with Crippen LogP contribution in [0.15, 0.2) is 24.3 Å². The fourth-order valence-corrected chi connectivity index (χ4v) is 1.05. The Morgan fingerprint density at radius 2 is 2.33 bits per heavy atom. The van der Waals surface area contributed by atoms with Crippen molar-refractivity contribution >= 4 is 12.0 Å². The lowest BCUT2D eigenvalue weighted by Crippen LogP contribution is -2.19. The fraction of sp³-hybridized carbons (Fsp3) is 0.182. The molecular formula is C11H12FNO2. The van der Waals surface area contributed by atoms with E-state index in [0.717, 1.165) is 0 Å². The maximum Gasteiger partial charge on any atom is 0.217 e. The predicted octanol–water partition coefficient (Wildman–Crippen LogP) is 1.68. The molecule has 2 N–H and O–H groups in total. The van der Waals surface area contributed by atoms with E-state index in [1.807, 2.05) is 0 Å². The van der Waals surface area contributed by atoms with Crippen molar-refractivity contribution in [2.75, 3.05) is 6.54 Å². The van der Waals surface area contributed by atoms with Gasteiger partial charge in [0.25, 0.3) is 0 Å². The summed E-state index contributed by atoms with van der Waals surface area (Å²) >= 11 is 0. The summed E-state index contributed by atoms with van der Waals surface area (Å²) in [6.45, 7) is 1.74. The van der Waals surface area contributed by atoms with E-state index < -0.39 is 5.82 Å². The lowest BCUT2D eigenvalue weighted by Gasteiger charge is -1.99. The van der Waals surface area contributed by atoms with E-state index in [1.165, 1.54) is 19.1 Å². The summed E-state index contributed by atoms with van der Waals surface area (Å²) in [6.07, 6.45) is 3.12. The van der Waals surface area contributed by atoms with Crippen molar-refractivity contribution in [3.63, 3.8) is 0 Å². The maximum atomic E-state index is 13.2. The normalized spacial score (nSPS) is 10.5. The Morgan fingerprint density at radius 1 is 1.60 bits per heavy atom. The van der Waals surface area contributed by atoms with Crippen molar-refractivity contribution in [2.45, 2.75) is 6.92 Å². The summed E-state index contributed by atoms with van der Waals surface area (Å²) in [7, 11) is 0. The maximum absolute atomic E-state index is 13.2. The van der Waals surface area contributed by atoms with Gasteiger partial charge in [-0.15, -0.1) is 0 Å². The quantitative estimate of drug-likeness (QED) is 0.795. The summed E-state index contributed by atoms with van der Waals surface area (Å²) in [5, 5.41) is 11.6. The number of amides is 1. The first-order chi connectivity index (χ1) is 7.11. The Hall–Kier alpha value is -1.84. The van der Waals surface area contributed by atoms with Crippen LogP contribution in [0.5, 0.6) is 5.75 Å². The number of carbonyl (C=O) groups excluding carboxylic acids is 1. The van der Waals surface area contributed by atoms with Crippen molar-refractivity contribution in [1.29, 1.82) is 0 Å². The molecule has 0 saturated carbocycles. The second-order valence-corrected chi connectivity index (χ2v) is 3.02. The number of benzene rings is 1. The molecule has 0 aliphatic carbocycles. The Kier molecular flexibility index (Phi) is 3.85. The Bertz CT molecular complexity index is 388. The number of carbonyl (C=O) groups is 1. The number of hydrogen-bond acceptors (Lipinski definition) is 2. The van der Waals surface area contributed by atoms with Gasteiger partial charge in [0.1, 0.15) is 0 Å². The minimum absolute atomic E-state index is 0.143. The SMILES string of the molecule is CC(=O)NCC=Cc1cccc(O)c1F. The summed E-state index contributed by atoms with van der Waals surface area (Å²) < 4.78 is 13.2. The highest BCUT2D eigenvalue weighted by molar-refractivity contribution is 5.73. The molecule has 1 amide bonds. The monoisotopic (exact) mass is 209 g/mol. The molecule has 0 aliphatic rings. The van der Waals surface area contributed by atoms with Crippen molar-refractivity contribution in [3.05, 3.63) is 35.7 Å². The fourth-order valence-electron chi connectivity index (χ4n) is 1.05. The molecule has 80 valence electrons. The van der Waals surface area contributed by atoms with Crippen LogP contribution < -0.4 is 5.32 Å². The number of nitrogens with one attached hydrogen (secondary N) is 1. The average Bonchev–Trinajstić information content (AvgIpc) is 2.18. The van der Waals surface area contributed by atoms with E-state index in [4.69, 9.17) is 5.11 Å². The molecule has 0 bridgehead atoms. The number of hydrogen-bond donors (Lipinski definition) is 2. The first-order valence-corrected chi connectivity index (χ1v) is 4.49. The van der Waals surface area contributed by atoms with E-state index in [0.29, 0.717) is 12.1 Å². The van der Waals surface area contributed by atoms with E-state index in [2.05, 4.69) is 5.32 Å². The van der Waals surface area contributed by atoms with Gasteiger partial charge in [0.15, 0.2) is 11.6 Å². The van der Waals surface area contributed by atoms with Crippen LogP contribution in [0.3, 0.4) is 0 Å². The topological polar surface area (TPSA) is 49.3 Å². The van der Waals surface area contributed by atoms with Crippen LogP contribution in [0.25, 0.3) is 6.08 Å². The number of phenolic OH excluding ortho intramolecular Hbond substituents is 1. The zero-order chi connectivity index (χ0) is 11.3. The molecule has 0 atom stereocenters. The first-order valence-electron chi connectivity index (χ1n) is 4.49. The third-order valence-corrected chi connectivity index (χ3v) is 1.77. The molecule has 0 saturated heterocycles. The van der Waals surface area contributed by atoms with E-state index in [-0.39, 0.29) is 11.7 Å². The van der Waals surface area contributed by atoms with Crippen LogP contribution in [-0.2, 0) is 4.79 Å². The van der Waals surface area contributed by atoms with Crippen molar-refractivity contribution in [3.8, 4) is 5.75 Å². The zero-order valence-electron chi connectivity index (χ0n) is 8.33. The highest BCUT2D eigenvalue weighted by Crippen LogP contribution is 2.19. The summed E-state index contributed by atoms with van der Waals surface area (Å²) in [4.78, 5) is 10.5. The van der Waals surface area contributed by atoms with Gasteiger partial charge in [-0.25, -0.2) is 4.39 Å². The van der Waals surface area contributed by atoms with Crippen LogP contribution in [-0.4, -0.2) is 17.6 Å². The molecule has 15 heavy (non-hydrogen) atoms. The predicted molar refractivity (Wildman–Crippen MR) is 55.8 cm³/mol. The number of phenols is 1. The van der Waals surface area contributed by atoms with Crippen LogP contribution in [0.1, 0.15) is 12.5 Å². The molecule has 3 nitrogen and oxygen atoms in total. The van der Waals surface area contributed by atoms with E-state index >= 15 is 0 Å². The second-order valence-electron chi connectivity index (χ2n) is 3.02.